The molecule has 1 aliphatic carbocycles. The Morgan fingerprint density at radius 1 is 1.62 bits per heavy atom. The molecule has 0 spiro atoms. The van der Waals surface area contributed by atoms with Crippen molar-refractivity contribution in [2.24, 2.45) is 5.73 Å². The van der Waals surface area contributed by atoms with E-state index in [0.717, 1.165) is 13.0 Å². The fraction of sp³-hybridized carbons (Fsp3) is 0.700. The van der Waals surface area contributed by atoms with E-state index in [-0.39, 0.29) is 0 Å². The van der Waals surface area contributed by atoms with Gasteiger partial charge in [-0.1, -0.05) is 0 Å². The van der Waals surface area contributed by atoms with Gasteiger partial charge in [-0.25, -0.2) is 0 Å². The lowest BCUT2D eigenvalue weighted by Crippen LogP contribution is -2.19. The summed E-state index contributed by atoms with van der Waals surface area (Å²) >= 11 is 0. The molecule has 2 rings (SSSR count). The lowest BCUT2D eigenvalue weighted by atomic mass is 9.93. The fourth-order valence-electron chi connectivity index (χ4n) is 1.86. The zero-order chi connectivity index (χ0) is 9.26. The summed E-state index contributed by atoms with van der Waals surface area (Å²) in [5.74, 6) is 0. The molecule has 3 nitrogen and oxygen atoms in total. The molecule has 0 saturated heterocycles. The molecular formula is C10H17N3. The summed E-state index contributed by atoms with van der Waals surface area (Å²) in [4.78, 5) is 0. The summed E-state index contributed by atoms with van der Waals surface area (Å²) in [6, 6.07) is 0.673. The number of hydrogen-bond donors (Lipinski definition) is 1. The summed E-state index contributed by atoms with van der Waals surface area (Å²) in [5.41, 5.74) is 8.15. The van der Waals surface area contributed by atoms with Gasteiger partial charge < -0.3 is 5.73 Å². The van der Waals surface area contributed by atoms with Crippen LogP contribution in [0.15, 0.2) is 6.20 Å². The monoisotopic (exact) mass is 179 g/mol. The molecule has 0 amide bonds. The van der Waals surface area contributed by atoms with E-state index < -0.39 is 0 Å². The van der Waals surface area contributed by atoms with Crippen LogP contribution in [-0.4, -0.2) is 16.3 Å². The van der Waals surface area contributed by atoms with Gasteiger partial charge in [-0.05, 0) is 44.7 Å². The molecule has 2 N–H and O–H groups in total. The number of nitrogens with two attached hydrogens (primary N) is 1. The second kappa shape index (κ2) is 3.50. The predicted molar refractivity (Wildman–Crippen MR) is 52.6 cm³/mol. The first-order valence-electron chi connectivity index (χ1n) is 5.06. The number of aromatic nitrogens is 2. The maximum Gasteiger partial charge on any atom is 0.0525 e. The van der Waals surface area contributed by atoms with Crippen molar-refractivity contribution in [3.05, 3.63) is 17.5 Å². The third-order valence-electron chi connectivity index (χ3n) is 2.98. The predicted octanol–water partition coefficient (Wildman–Crippen LogP) is 1.42. The first-order chi connectivity index (χ1) is 6.33. The largest absolute Gasteiger partial charge is 0.330 e. The van der Waals surface area contributed by atoms with Crippen molar-refractivity contribution in [1.29, 1.82) is 0 Å². The fourth-order valence-corrected chi connectivity index (χ4v) is 1.86. The van der Waals surface area contributed by atoms with Crippen molar-refractivity contribution < 1.29 is 0 Å². The van der Waals surface area contributed by atoms with E-state index in [9.17, 15) is 0 Å². The molecule has 1 fully saturated rings. The molecule has 0 aliphatic heterocycles. The zero-order valence-corrected chi connectivity index (χ0v) is 8.16. The van der Waals surface area contributed by atoms with Crippen molar-refractivity contribution in [3.63, 3.8) is 0 Å². The molecule has 3 heteroatoms. The first kappa shape index (κ1) is 8.75. The Labute approximate surface area is 78.9 Å². The molecule has 1 aliphatic rings. The van der Waals surface area contributed by atoms with Crippen LogP contribution < -0.4 is 5.73 Å². The second-order valence-corrected chi connectivity index (χ2v) is 3.82. The molecular weight excluding hydrogens is 162 g/mol. The highest BCUT2D eigenvalue weighted by molar-refractivity contribution is 5.17. The van der Waals surface area contributed by atoms with E-state index >= 15 is 0 Å². The molecule has 0 aromatic carbocycles. The average Bonchev–Trinajstić information content (AvgIpc) is 2.34. The molecule has 0 radical (unpaired) electrons. The van der Waals surface area contributed by atoms with E-state index in [0.29, 0.717) is 6.04 Å². The van der Waals surface area contributed by atoms with E-state index in [2.05, 4.69) is 16.7 Å². The van der Waals surface area contributed by atoms with E-state index in [1.807, 2.05) is 6.20 Å². The van der Waals surface area contributed by atoms with Gasteiger partial charge in [0, 0.05) is 5.69 Å². The van der Waals surface area contributed by atoms with Gasteiger partial charge in [-0.2, -0.15) is 5.10 Å². The summed E-state index contributed by atoms with van der Waals surface area (Å²) in [5, 5.41) is 4.42. The molecule has 1 heterocycles. The van der Waals surface area contributed by atoms with Crippen molar-refractivity contribution in [2.75, 3.05) is 6.54 Å². The maximum absolute atomic E-state index is 5.52. The minimum Gasteiger partial charge on any atom is -0.330 e. The van der Waals surface area contributed by atoms with E-state index in [4.69, 9.17) is 5.73 Å². The molecule has 1 aromatic heterocycles. The van der Waals surface area contributed by atoms with Crippen molar-refractivity contribution in [3.8, 4) is 0 Å². The van der Waals surface area contributed by atoms with Gasteiger partial charge >= 0.3 is 0 Å². The lowest BCUT2D eigenvalue weighted by molar-refractivity contribution is 0.284. The third kappa shape index (κ3) is 1.48. The van der Waals surface area contributed by atoms with Crippen LogP contribution in [0.5, 0.6) is 0 Å². The van der Waals surface area contributed by atoms with Gasteiger partial charge in [0.25, 0.3) is 0 Å². The molecule has 13 heavy (non-hydrogen) atoms. The third-order valence-corrected chi connectivity index (χ3v) is 2.98. The van der Waals surface area contributed by atoms with Crippen molar-refractivity contribution in [1.82, 2.24) is 9.78 Å². The number of rotatable bonds is 3. The van der Waals surface area contributed by atoms with Crippen LogP contribution in [-0.2, 0) is 6.42 Å². The Hall–Kier alpha value is -0.830. The van der Waals surface area contributed by atoms with Gasteiger partial charge in [-0.3, -0.25) is 4.68 Å². The van der Waals surface area contributed by atoms with Crippen molar-refractivity contribution >= 4 is 0 Å². The maximum atomic E-state index is 5.52. The van der Waals surface area contributed by atoms with Gasteiger partial charge in [0.1, 0.15) is 0 Å². The van der Waals surface area contributed by atoms with Crippen LogP contribution in [0.25, 0.3) is 0 Å². The van der Waals surface area contributed by atoms with Gasteiger partial charge in [0.05, 0.1) is 12.2 Å². The Morgan fingerprint density at radius 3 is 2.92 bits per heavy atom. The minimum atomic E-state index is 0.673. The number of nitrogens with zero attached hydrogens (tertiary/aromatic N) is 2. The van der Waals surface area contributed by atoms with E-state index in [1.54, 1.807) is 0 Å². The second-order valence-electron chi connectivity index (χ2n) is 3.82. The number of hydrogen-bond acceptors (Lipinski definition) is 2. The van der Waals surface area contributed by atoms with Crippen LogP contribution in [0.1, 0.15) is 36.6 Å². The van der Waals surface area contributed by atoms with Gasteiger partial charge in [-0.15, -0.1) is 0 Å². The summed E-state index contributed by atoms with van der Waals surface area (Å²) < 4.78 is 2.18. The molecule has 0 bridgehead atoms. The highest BCUT2D eigenvalue weighted by atomic mass is 15.3. The highest BCUT2D eigenvalue weighted by Crippen LogP contribution is 2.32. The molecule has 1 saturated carbocycles. The summed E-state index contributed by atoms with van der Waals surface area (Å²) in [6.07, 6.45) is 6.88. The van der Waals surface area contributed by atoms with Gasteiger partial charge in [0.2, 0.25) is 0 Å². The van der Waals surface area contributed by atoms with Crippen LogP contribution in [0, 0.1) is 6.92 Å². The first-order valence-corrected chi connectivity index (χ1v) is 5.06. The Morgan fingerprint density at radius 2 is 2.38 bits per heavy atom. The highest BCUT2D eigenvalue weighted by Gasteiger charge is 2.22. The molecule has 72 valence electrons. The standard InChI is InChI=1S/C10H17N3/c1-8-9(5-6-11)7-12-13(8)10-3-2-4-10/h7,10H,2-6,11H2,1H3. The lowest BCUT2D eigenvalue weighted by Gasteiger charge is -2.27. The normalized spacial score (nSPS) is 17.4. The van der Waals surface area contributed by atoms with Crippen molar-refractivity contribution in [2.45, 2.75) is 38.6 Å². The Bertz CT molecular complexity index is 286. The minimum absolute atomic E-state index is 0.673. The topological polar surface area (TPSA) is 43.8 Å². The van der Waals surface area contributed by atoms with Crippen LogP contribution in [0.2, 0.25) is 0 Å². The SMILES string of the molecule is Cc1c(CCN)cnn1C1CCC1. The van der Waals surface area contributed by atoms with Gasteiger partial charge in [0.15, 0.2) is 0 Å². The quantitative estimate of drug-likeness (QED) is 0.762. The van der Waals surface area contributed by atoms with Crippen LogP contribution >= 0.6 is 0 Å². The van der Waals surface area contributed by atoms with Crippen LogP contribution in [0.4, 0.5) is 0 Å². The average molecular weight is 179 g/mol. The molecule has 1 aromatic rings. The summed E-state index contributed by atoms with van der Waals surface area (Å²) in [7, 11) is 0. The Balaban J connectivity index is 2.17. The zero-order valence-electron chi connectivity index (χ0n) is 8.16. The van der Waals surface area contributed by atoms with E-state index in [1.165, 1.54) is 30.5 Å². The smallest absolute Gasteiger partial charge is 0.0525 e. The van der Waals surface area contributed by atoms with Crippen LogP contribution in [0.3, 0.4) is 0 Å². The molecule has 0 atom stereocenters. The molecule has 0 unspecified atom stereocenters. The Kier molecular flexibility index (Phi) is 2.36. The summed E-state index contributed by atoms with van der Waals surface area (Å²) in [6.45, 7) is 2.87.